The monoisotopic (exact) mass is 367 g/mol. The number of fused-ring (bicyclic) bond motifs is 1. The molecule has 2 atom stereocenters. The molecule has 5 nitrogen and oxygen atoms in total. The number of ether oxygens (including phenoxy) is 1. The Hall–Kier alpha value is -2.66. The Morgan fingerprint density at radius 2 is 1.81 bits per heavy atom. The molecule has 5 heteroatoms. The summed E-state index contributed by atoms with van der Waals surface area (Å²) >= 11 is 0. The Kier molecular flexibility index (Phi) is 5.61. The van der Waals surface area contributed by atoms with Crippen molar-refractivity contribution in [1.29, 1.82) is 0 Å². The molecule has 0 aliphatic carbocycles. The summed E-state index contributed by atoms with van der Waals surface area (Å²) in [4.78, 5) is 27.0. The molecule has 0 saturated carbocycles. The third-order valence-electron chi connectivity index (χ3n) is 5.19. The first-order valence-electron chi connectivity index (χ1n) is 9.17. The van der Waals surface area contributed by atoms with Crippen LogP contribution in [-0.4, -0.2) is 42.1 Å². The van der Waals surface area contributed by atoms with Gasteiger partial charge in [0.2, 0.25) is 0 Å². The third-order valence-corrected chi connectivity index (χ3v) is 5.19. The summed E-state index contributed by atoms with van der Waals surface area (Å²) < 4.78 is 5.17. The summed E-state index contributed by atoms with van der Waals surface area (Å²) in [5.41, 5.74) is 3.03. The van der Waals surface area contributed by atoms with E-state index in [2.05, 4.69) is 13.8 Å². The number of aliphatic carboxylic acids is 1. The average Bonchev–Trinajstić information content (AvgIpc) is 2.67. The van der Waals surface area contributed by atoms with Crippen molar-refractivity contribution in [1.82, 2.24) is 4.90 Å². The van der Waals surface area contributed by atoms with Gasteiger partial charge in [-0.1, -0.05) is 56.3 Å². The molecule has 0 aromatic heterocycles. The molecule has 1 N–H and O–H groups in total. The maximum absolute atomic E-state index is 13.1. The predicted octanol–water partition coefficient (Wildman–Crippen LogP) is 3.82. The lowest BCUT2D eigenvalue weighted by molar-refractivity contribution is -0.140. The number of benzene rings is 2. The third kappa shape index (κ3) is 3.60. The van der Waals surface area contributed by atoms with E-state index in [-0.39, 0.29) is 5.91 Å². The van der Waals surface area contributed by atoms with Gasteiger partial charge < -0.3 is 14.7 Å². The maximum Gasteiger partial charge on any atom is 0.313 e. The second-order valence-corrected chi connectivity index (χ2v) is 7.16. The summed E-state index contributed by atoms with van der Waals surface area (Å²) in [5, 5.41) is 10.0. The predicted molar refractivity (Wildman–Crippen MR) is 103 cm³/mol. The molecule has 0 bridgehead atoms. The van der Waals surface area contributed by atoms with E-state index >= 15 is 0 Å². The second kappa shape index (κ2) is 7.92. The van der Waals surface area contributed by atoms with E-state index < -0.39 is 17.9 Å². The van der Waals surface area contributed by atoms with Crippen LogP contribution >= 0.6 is 0 Å². The molecule has 1 aliphatic heterocycles. The number of nitrogens with zero attached hydrogens (tertiary/aromatic N) is 1. The molecular formula is C22H25NO4. The quantitative estimate of drug-likeness (QED) is 0.843. The molecule has 1 aliphatic rings. The molecule has 0 saturated heterocycles. The van der Waals surface area contributed by atoms with Crippen LogP contribution in [0.5, 0.6) is 0 Å². The van der Waals surface area contributed by atoms with Gasteiger partial charge in [-0.05, 0) is 28.7 Å². The summed E-state index contributed by atoms with van der Waals surface area (Å²) in [6, 6.07) is 14.3. The summed E-state index contributed by atoms with van der Waals surface area (Å²) in [6.07, 6.45) is 0. The molecule has 0 radical (unpaired) electrons. The van der Waals surface area contributed by atoms with Crippen molar-refractivity contribution in [3.8, 4) is 0 Å². The maximum atomic E-state index is 13.1. The highest BCUT2D eigenvalue weighted by Crippen LogP contribution is 2.42. The first kappa shape index (κ1) is 19.1. The molecular weight excluding hydrogens is 342 g/mol. The Morgan fingerprint density at radius 1 is 1.15 bits per heavy atom. The van der Waals surface area contributed by atoms with Crippen molar-refractivity contribution in [3.63, 3.8) is 0 Å². The zero-order valence-electron chi connectivity index (χ0n) is 15.9. The summed E-state index contributed by atoms with van der Waals surface area (Å²) in [5.74, 6) is -1.53. The molecule has 0 spiro atoms. The minimum Gasteiger partial charge on any atom is -0.481 e. The van der Waals surface area contributed by atoms with Crippen LogP contribution in [0.25, 0.3) is 0 Å². The highest BCUT2D eigenvalue weighted by Gasteiger charge is 2.43. The van der Waals surface area contributed by atoms with E-state index in [9.17, 15) is 14.7 Å². The number of hydrogen-bond donors (Lipinski definition) is 1. The fraction of sp³-hybridized carbons (Fsp3) is 0.364. The van der Waals surface area contributed by atoms with E-state index in [4.69, 9.17) is 4.74 Å². The minimum absolute atomic E-state index is 0.155. The van der Waals surface area contributed by atoms with Crippen molar-refractivity contribution in [3.05, 3.63) is 70.8 Å². The Bertz CT molecular complexity index is 828. The Balaban J connectivity index is 2.13. The first-order valence-corrected chi connectivity index (χ1v) is 9.17. The number of amides is 1. The van der Waals surface area contributed by atoms with Crippen LogP contribution in [0.3, 0.4) is 0 Å². The number of carboxylic acid groups (broad SMARTS) is 1. The molecule has 2 aromatic rings. The van der Waals surface area contributed by atoms with Crippen molar-refractivity contribution < 1.29 is 19.4 Å². The van der Waals surface area contributed by atoms with Gasteiger partial charge in [0.25, 0.3) is 5.91 Å². The lowest BCUT2D eigenvalue weighted by Crippen LogP contribution is -2.46. The molecule has 1 heterocycles. The largest absolute Gasteiger partial charge is 0.481 e. The Labute approximate surface area is 159 Å². The van der Waals surface area contributed by atoms with Gasteiger partial charge in [0.05, 0.1) is 12.6 Å². The van der Waals surface area contributed by atoms with Gasteiger partial charge in [-0.3, -0.25) is 9.59 Å². The van der Waals surface area contributed by atoms with E-state index in [0.29, 0.717) is 30.2 Å². The zero-order chi connectivity index (χ0) is 19.6. The van der Waals surface area contributed by atoms with Crippen molar-refractivity contribution in [2.24, 2.45) is 0 Å². The molecule has 1 amide bonds. The summed E-state index contributed by atoms with van der Waals surface area (Å²) in [6.45, 7) is 4.91. The average molecular weight is 367 g/mol. The van der Waals surface area contributed by atoms with Gasteiger partial charge in [-0.2, -0.15) is 0 Å². The van der Waals surface area contributed by atoms with Crippen LogP contribution in [0.4, 0.5) is 0 Å². The van der Waals surface area contributed by atoms with Gasteiger partial charge in [0, 0.05) is 19.2 Å². The molecule has 27 heavy (non-hydrogen) atoms. The highest BCUT2D eigenvalue weighted by molar-refractivity contribution is 6.00. The van der Waals surface area contributed by atoms with Gasteiger partial charge in [0.1, 0.15) is 5.92 Å². The van der Waals surface area contributed by atoms with Crippen LogP contribution in [-0.2, 0) is 9.53 Å². The minimum atomic E-state index is -0.935. The van der Waals surface area contributed by atoms with E-state index in [1.54, 1.807) is 36.3 Å². The van der Waals surface area contributed by atoms with Gasteiger partial charge >= 0.3 is 5.97 Å². The van der Waals surface area contributed by atoms with E-state index in [1.807, 2.05) is 24.3 Å². The number of methoxy groups -OCH3 is 1. The number of hydrogen-bond acceptors (Lipinski definition) is 3. The molecule has 2 unspecified atom stereocenters. The van der Waals surface area contributed by atoms with Crippen LogP contribution in [0.2, 0.25) is 0 Å². The standard InChI is InChI=1S/C22H25NO4/c1-14(2)15-8-10-16(11-9-15)20-19(22(25)26)17-6-4-5-7-18(17)21(24)23(20)12-13-27-3/h4-11,14,19-20H,12-13H2,1-3H3,(H,25,26). The van der Waals surface area contributed by atoms with Crippen molar-refractivity contribution in [2.45, 2.75) is 31.7 Å². The van der Waals surface area contributed by atoms with Gasteiger partial charge in [-0.25, -0.2) is 0 Å². The smallest absolute Gasteiger partial charge is 0.313 e. The fourth-order valence-corrected chi connectivity index (χ4v) is 3.74. The van der Waals surface area contributed by atoms with Crippen molar-refractivity contribution in [2.75, 3.05) is 20.3 Å². The van der Waals surface area contributed by atoms with Crippen LogP contribution in [0.15, 0.2) is 48.5 Å². The van der Waals surface area contributed by atoms with Crippen LogP contribution in [0.1, 0.15) is 58.8 Å². The topological polar surface area (TPSA) is 66.8 Å². The van der Waals surface area contributed by atoms with E-state index in [1.165, 1.54) is 5.56 Å². The first-order chi connectivity index (χ1) is 13.0. The normalized spacial score (nSPS) is 19.3. The lowest BCUT2D eigenvalue weighted by Gasteiger charge is -2.40. The van der Waals surface area contributed by atoms with Gasteiger partial charge in [0.15, 0.2) is 0 Å². The number of carbonyl (C=O) groups excluding carboxylic acids is 1. The van der Waals surface area contributed by atoms with Crippen LogP contribution < -0.4 is 0 Å². The Morgan fingerprint density at radius 3 is 2.41 bits per heavy atom. The van der Waals surface area contributed by atoms with Gasteiger partial charge in [-0.15, -0.1) is 0 Å². The summed E-state index contributed by atoms with van der Waals surface area (Å²) in [7, 11) is 1.57. The number of carbonyl (C=O) groups is 2. The zero-order valence-corrected chi connectivity index (χ0v) is 15.9. The highest BCUT2D eigenvalue weighted by atomic mass is 16.5. The van der Waals surface area contributed by atoms with Crippen molar-refractivity contribution >= 4 is 11.9 Å². The van der Waals surface area contributed by atoms with Crippen LogP contribution in [0, 0.1) is 0 Å². The van der Waals surface area contributed by atoms with E-state index in [0.717, 1.165) is 5.56 Å². The number of rotatable bonds is 6. The molecule has 2 aromatic carbocycles. The second-order valence-electron chi connectivity index (χ2n) is 7.16. The number of carboxylic acids is 1. The SMILES string of the molecule is COCCN1C(=O)c2ccccc2C(C(=O)O)C1c1ccc(C(C)C)cc1. The molecule has 0 fully saturated rings. The molecule has 3 rings (SSSR count). The lowest BCUT2D eigenvalue weighted by atomic mass is 9.79. The molecule has 142 valence electrons. The fourth-order valence-electron chi connectivity index (χ4n) is 3.74.